The highest BCUT2D eigenvalue weighted by molar-refractivity contribution is 6.33. The minimum Gasteiger partial charge on any atom is -0.379 e. The van der Waals surface area contributed by atoms with Crippen LogP contribution in [0.1, 0.15) is 24.9 Å². The fourth-order valence-corrected chi connectivity index (χ4v) is 3.57. The van der Waals surface area contributed by atoms with Crippen LogP contribution < -0.4 is 10.6 Å². The monoisotopic (exact) mass is 309 g/mol. The summed E-state index contributed by atoms with van der Waals surface area (Å²) in [5, 5.41) is 0.812. The number of hydrogen-bond donors (Lipinski definition) is 1. The summed E-state index contributed by atoms with van der Waals surface area (Å²) in [7, 11) is 0. The molecule has 0 amide bonds. The molecule has 2 saturated heterocycles. The largest absolute Gasteiger partial charge is 0.379 e. The maximum Gasteiger partial charge on any atom is 0.0642 e. The van der Waals surface area contributed by atoms with Gasteiger partial charge in [-0.1, -0.05) is 17.7 Å². The van der Waals surface area contributed by atoms with Crippen molar-refractivity contribution in [3.63, 3.8) is 0 Å². The van der Waals surface area contributed by atoms with Crippen LogP contribution in [0.15, 0.2) is 18.2 Å². The summed E-state index contributed by atoms with van der Waals surface area (Å²) < 4.78 is 5.44. The Labute approximate surface area is 131 Å². The number of anilines is 1. The third-order valence-electron chi connectivity index (χ3n) is 4.56. The number of nitrogens with zero attached hydrogens (tertiary/aromatic N) is 2. The Morgan fingerprint density at radius 1 is 1.29 bits per heavy atom. The van der Waals surface area contributed by atoms with Gasteiger partial charge >= 0.3 is 0 Å². The molecule has 0 saturated carbocycles. The van der Waals surface area contributed by atoms with E-state index in [-0.39, 0.29) is 6.04 Å². The normalized spacial score (nSPS) is 25.3. The van der Waals surface area contributed by atoms with Crippen molar-refractivity contribution in [2.75, 3.05) is 44.3 Å². The maximum atomic E-state index is 6.46. The van der Waals surface area contributed by atoms with E-state index in [2.05, 4.69) is 21.9 Å². The van der Waals surface area contributed by atoms with E-state index in [1.54, 1.807) is 0 Å². The van der Waals surface area contributed by atoms with Crippen LogP contribution in [0.25, 0.3) is 0 Å². The van der Waals surface area contributed by atoms with Crippen molar-refractivity contribution < 1.29 is 4.74 Å². The van der Waals surface area contributed by atoms with Crippen LogP contribution in [0.4, 0.5) is 5.69 Å². The summed E-state index contributed by atoms with van der Waals surface area (Å²) in [5.41, 5.74) is 8.14. The van der Waals surface area contributed by atoms with Gasteiger partial charge in [0, 0.05) is 38.3 Å². The molecule has 1 aromatic carbocycles. The molecule has 0 spiro atoms. The van der Waals surface area contributed by atoms with E-state index >= 15 is 0 Å². The highest BCUT2D eigenvalue weighted by Crippen LogP contribution is 2.32. The molecule has 2 fully saturated rings. The van der Waals surface area contributed by atoms with Gasteiger partial charge in [-0.3, -0.25) is 4.90 Å². The Kier molecular flexibility index (Phi) is 4.69. The molecule has 4 nitrogen and oxygen atoms in total. The smallest absolute Gasteiger partial charge is 0.0642 e. The van der Waals surface area contributed by atoms with E-state index in [9.17, 15) is 0 Å². The lowest BCUT2D eigenvalue weighted by Crippen LogP contribution is -2.44. The fourth-order valence-electron chi connectivity index (χ4n) is 3.26. The van der Waals surface area contributed by atoms with Gasteiger partial charge < -0.3 is 15.4 Å². The number of benzene rings is 1. The number of ether oxygens (including phenoxy) is 1. The van der Waals surface area contributed by atoms with Gasteiger partial charge in [0.1, 0.15) is 0 Å². The lowest BCUT2D eigenvalue weighted by molar-refractivity contribution is 0.0209. The first-order valence-corrected chi connectivity index (χ1v) is 8.14. The van der Waals surface area contributed by atoms with Crippen LogP contribution in [0.5, 0.6) is 0 Å². The molecule has 0 radical (unpaired) electrons. The van der Waals surface area contributed by atoms with Gasteiger partial charge in [-0.2, -0.15) is 0 Å². The predicted molar refractivity (Wildman–Crippen MR) is 87.1 cm³/mol. The molecule has 3 rings (SSSR count). The Hall–Kier alpha value is -0.810. The zero-order chi connectivity index (χ0) is 14.8. The zero-order valence-electron chi connectivity index (χ0n) is 12.6. The SMILES string of the molecule is CC(N)c1ccc(N2CCC(N3CCOCC3)C2)c(Cl)c1. The fraction of sp³-hybridized carbons (Fsp3) is 0.625. The topological polar surface area (TPSA) is 41.7 Å². The minimum atomic E-state index is 0.0243. The van der Waals surface area contributed by atoms with Gasteiger partial charge in [-0.05, 0) is 31.0 Å². The van der Waals surface area contributed by atoms with E-state index in [0.29, 0.717) is 6.04 Å². The summed E-state index contributed by atoms with van der Waals surface area (Å²) in [5.74, 6) is 0. The molecular weight excluding hydrogens is 286 g/mol. The van der Waals surface area contributed by atoms with Crippen molar-refractivity contribution in [1.82, 2.24) is 4.90 Å². The predicted octanol–water partition coefficient (Wildman–Crippen LogP) is 2.27. The Bertz CT molecular complexity index is 488. The van der Waals surface area contributed by atoms with Gasteiger partial charge in [0.25, 0.3) is 0 Å². The molecule has 2 N–H and O–H groups in total. The van der Waals surface area contributed by atoms with E-state index < -0.39 is 0 Å². The summed E-state index contributed by atoms with van der Waals surface area (Å²) >= 11 is 6.46. The molecular formula is C16H24ClN3O. The zero-order valence-corrected chi connectivity index (χ0v) is 13.4. The van der Waals surface area contributed by atoms with Gasteiger partial charge in [0.2, 0.25) is 0 Å². The van der Waals surface area contributed by atoms with Crippen LogP contribution in [-0.2, 0) is 4.74 Å². The standard InChI is InChI=1S/C16H24ClN3O/c1-12(18)13-2-3-16(15(17)10-13)20-5-4-14(11-20)19-6-8-21-9-7-19/h2-3,10,12,14H,4-9,11,18H2,1H3. The average molecular weight is 310 g/mol. The number of morpholine rings is 1. The number of halogens is 1. The van der Waals surface area contributed by atoms with Crippen molar-refractivity contribution in [1.29, 1.82) is 0 Å². The molecule has 2 heterocycles. The molecule has 2 aliphatic heterocycles. The molecule has 116 valence electrons. The lowest BCUT2D eigenvalue weighted by atomic mass is 10.1. The van der Waals surface area contributed by atoms with Crippen molar-refractivity contribution in [3.8, 4) is 0 Å². The molecule has 2 aliphatic rings. The van der Waals surface area contributed by atoms with Crippen molar-refractivity contribution in [3.05, 3.63) is 28.8 Å². The molecule has 2 unspecified atom stereocenters. The van der Waals surface area contributed by atoms with E-state index in [4.69, 9.17) is 22.1 Å². The average Bonchev–Trinajstić information content (AvgIpc) is 2.97. The van der Waals surface area contributed by atoms with Gasteiger partial charge in [0.05, 0.1) is 23.9 Å². The first-order valence-electron chi connectivity index (χ1n) is 7.77. The van der Waals surface area contributed by atoms with Crippen molar-refractivity contribution in [2.45, 2.75) is 25.4 Å². The summed E-state index contributed by atoms with van der Waals surface area (Å²) in [6, 6.07) is 6.86. The third kappa shape index (κ3) is 3.34. The quantitative estimate of drug-likeness (QED) is 0.930. The highest BCUT2D eigenvalue weighted by atomic mass is 35.5. The van der Waals surface area contributed by atoms with E-state index in [0.717, 1.165) is 55.7 Å². The third-order valence-corrected chi connectivity index (χ3v) is 4.87. The second kappa shape index (κ2) is 6.53. The van der Waals surface area contributed by atoms with E-state index in [1.165, 1.54) is 6.42 Å². The van der Waals surface area contributed by atoms with Gasteiger partial charge in [-0.15, -0.1) is 0 Å². The molecule has 21 heavy (non-hydrogen) atoms. The Morgan fingerprint density at radius 2 is 2.05 bits per heavy atom. The van der Waals surface area contributed by atoms with Crippen molar-refractivity contribution >= 4 is 17.3 Å². The van der Waals surface area contributed by atoms with E-state index in [1.807, 2.05) is 13.0 Å². The first-order chi connectivity index (χ1) is 10.1. The van der Waals surface area contributed by atoms with Crippen molar-refractivity contribution in [2.24, 2.45) is 5.73 Å². The Morgan fingerprint density at radius 3 is 2.71 bits per heavy atom. The molecule has 2 atom stereocenters. The number of hydrogen-bond acceptors (Lipinski definition) is 4. The van der Waals surface area contributed by atoms with Gasteiger partial charge in [-0.25, -0.2) is 0 Å². The van der Waals surface area contributed by atoms with Crippen LogP contribution in [0.2, 0.25) is 5.02 Å². The summed E-state index contributed by atoms with van der Waals surface area (Å²) in [4.78, 5) is 4.95. The summed E-state index contributed by atoms with van der Waals surface area (Å²) in [6.07, 6.45) is 1.20. The lowest BCUT2D eigenvalue weighted by Gasteiger charge is -2.32. The van der Waals surface area contributed by atoms with Gasteiger partial charge in [0.15, 0.2) is 0 Å². The van der Waals surface area contributed by atoms with Crippen LogP contribution in [0.3, 0.4) is 0 Å². The highest BCUT2D eigenvalue weighted by Gasteiger charge is 2.29. The maximum absolute atomic E-state index is 6.46. The first kappa shape index (κ1) is 15.1. The molecule has 0 bridgehead atoms. The number of rotatable bonds is 3. The minimum absolute atomic E-state index is 0.0243. The second-order valence-corrected chi connectivity index (χ2v) is 6.44. The molecule has 0 aliphatic carbocycles. The van der Waals surface area contributed by atoms with Crippen LogP contribution >= 0.6 is 11.6 Å². The molecule has 5 heteroatoms. The summed E-state index contributed by atoms with van der Waals surface area (Å²) in [6.45, 7) is 7.93. The Balaban J connectivity index is 1.68. The van der Waals surface area contributed by atoms with Crippen LogP contribution in [-0.4, -0.2) is 50.3 Å². The van der Waals surface area contributed by atoms with Crippen LogP contribution in [0, 0.1) is 0 Å². The molecule has 0 aromatic heterocycles. The molecule has 1 aromatic rings. The second-order valence-electron chi connectivity index (χ2n) is 6.04. The number of nitrogens with two attached hydrogens (primary N) is 1.